The molecule has 0 amide bonds. The molecule has 0 aromatic heterocycles. The summed E-state index contributed by atoms with van der Waals surface area (Å²) in [5.74, 6) is 2.54. The zero-order valence-electron chi connectivity index (χ0n) is 7.86. The molecule has 2 atom stereocenters. The van der Waals surface area contributed by atoms with Crippen molar-refractivity contribution in [2.75, 3.05) is 5.88 Å². The highest BCUT2D eigenvalue weighted by Crippen LogP contribution is 2.55. The molecule has 0 heterocycles. The van der Waals surface area contributed by atoms with Crippen LogP contribution >= 0.6 is 11.6 Å². The smallest absolute Gasteiger partial charge is 0.0282 e. The van der Waals surface area contributed by atoms with Crippen molar-refractivity contribution in [3.8, 4) is 0 Å². The fourth-order valence-electron chi connectivity index (χ4n) is 1.83. The van der Waals surface area contributed by atoms with E-state index in [1.165, 1.54) is 19.3 Å². The third-order valence-electron chi connectivity index (χ3n) is 3.62. The molecule has 0 aliphatic heterocycles. The van der Waals surface area contributed by atoms with Gasteiger partial charge in [0.1, 0.15) is 0 Å². The predicted octanol–water partition coefficient (Wildman–Crippen LogP) is 3.69. The second-order valence-corrected chi connectivity index (χ2v) is 4.44. The van der Waals surface area contributed by atoms with Crippen molar-refractivity contribution in [3.63, 3.8) is 0 Å². The van der Waals surface area contributed by atoms with E-state index < -0.39 is 0 Å². The zero-order valence-corrected chi connectivity index (χ0v) is 8.62. The van der Waals surface area contributed by atoms with Crippen molar-refractivity contribution in [3.05, 3.63) is 0 Å². The highest BCUT2D eigenvalue weighted by Gasteiger charge is 2.47. The van der Waals surface area contributed by atoms with Crippen LogP contribution in [0.5, 0.6) is 0 Å². The lowest BCUT2D eigenvalue weighted by atomic mass is 9.81. The molecule has 1 heteroatoms. The third-order valence-corrected chi connectivity index (χ3v) is 4.15. The Morgan fingerprint density at radius 1 is 1.36 bits per heavy atom. The number of halogens is 1. The number of rotatable bonds is 4. The average Bonchev–Trinajstić information content (AvgIpc) is 2.82. The van der Waals surface area contributed by atoms with E-state index in [-0.39, 0.29) is 0 Å². The van der Waals surface area contributed by atoms with Crippen LogP contribution in [-0.4, -0.2) is 5.88 Å². The van der Waals surface area contributed by atoms with Crippen LogP contribution in [0.25, 0.3) is 0 Å². The highest BCUT2D eigenvalue weighted by molar-refractivity contribution is 6.18. The van der Waals surface area contributed by atoms with Crippen molar-refractivity contribution in [2.24, 2.45) is 17.3 Å². The van der Waals surface area contributed by atoms with Crippen LogP contribution in [0.2, 0.25) is 0 Å². The Morgan fingerprint density at radius 3 is 2.18 bits per heavy atom. The molecule has 11 heavy (non-hydrogen) atoms. The normalized spacial score (nSPS) is 26.2. The van der Waals surface area contributed by atoms with Gasteiger partial charge in [0.2, 0.25) is 0 Å². The minimum Gasteiger partial charge on any atom is -0.126 e. The molecule has 0 saturated heterocycles. The van der Waals surface area contributed by atoms with Gasteiger partial charge in [-0.15, -0.1) is 11.6 Å². The van der Waals surface area contributed by atoms with E-state index in [0.717, 1.165) is 17.7 Å². The van der Waals surface area contributed by atoms with Gasteiger partial charge >= 0.3 is 0 Å². The van der Waals surface area contributed by atoms with E-state index in [1.54, 1.807) is 0 Å². The average molecular weight is 175 g/mol. The van der Waals surface area contributed by atoms with E-state index in [1.807, 2.05) is 0 Å². The van der Waals surface area contributed by atoms with E-state index in [0.29, 0.717) is 5.41 Å². The molecule has 1 aliphatic rings. The van der Waals surface area contributed by atoms with Gasteiger partial charge in [-0.3, -0.25) is 0 Å². The van der Waals surface area contributed by atoms with E-state index in [4.69, 9.17) is 11.6 Å². The second kappa shape index (κ2) is 3.35. The van der Waals surface area contributed by atoms with Crippen LogP contribution in [-0.2, 0) is 0 Å². The van der Waals surface area contributed by atoms with Crippen LogP contribution in [0, 0.1) is 17.3 Å². The SMILES string of the molecule is CCC(C)C(C)C1(CCl)CC1. The predicted molar refractivity (Wildman–Crippen MR) is 51.0 cm³/mol. The molecule has 0 aromatic rings. The number of hydrogen-bond acceptors (Lipinski definition) is 0. The lowest BCUT2D eigenvalue weighted by Gasteiger charge is -2.26. The van der Waals surface area contributed by atoms with Crippen LogP contribution < -0.4 is 0 Å². The van der Waals surface area contributed by atoms with Gasteiger partial charge < -0.3 is 0 Å². The van der Waals surface area contributed by atoms with Gasteiger partial charge in [0, 0.05) is 5.88 Å². The maximum absolute atomic E-state index is 5.95. The molecule has 0 aromatic carbocycles. The van der Waals surface area contributed by atoms with Crippen molar-refractivity contribution < 1.29 is 0 Å². The monoisotopic (exact) mass is 174 g/mol. The number of alkyl halides is 1. The summed E-state index contributed by atoms with van der Waals surface area (Å²) >= 11 is 5.95. The van der Waals surface area contributed by atoms with Crippen LogP contribution in [0.1, 0.15) is 40.0 Å². The Morgan fingerprint density at radius 2 is 1.91 bits per heavy atom. The van der Waals surface area contributed by atoms with E-state index >= 15 is 0 Å². The van der Waals surface area contributed by atoms with Crippen molar-refractivity contribution in [1.82, 2.24) is 0 Å². The fourth-order valence-corrected chi connectivity index (χ4v) is 2.34. The molecule has 0 spiro atoms. The topological polar surface area (TPSA) is 0 Å². The maximum atomic E-state index is 5.95. The Labute approximate surface area is 75.3 Å². The first kappa shape index (κ1) is 9.38. The molecule has 66 valence electrons. The van der Waals surface area contributed by atoms with Gasteiger partial charge in [0.15, 0.2) is 0 Å². The van der Waals surface area contributed by atoms with Gasteiger partial charge in [-0.1, -0.05) is 27.2 Å². The van der Waals surface area contributed by atoms with Gasteiger partial charge in [0.25, 0.3) is 0 Å². The third kappa shape index (κ3) is 1.72. The van der Waals surface area contributed by atoms with Crippen molar-refractivity contribution >= 4 is 11.6 Å². The number of hydrogen-bond donors (Lipinski definition) is 0. The molecule has 1 saturated carbocycles. The molecule has 2 unspecified atom stereocenters. The summed E-state index contributed by atoms with van der Waals surface area (Å²) in [6.07, 6.45) is 4.02. The fraction of sp³-hybridized carbons (Fsp3) is 1.00. The van der Waals surface area contributed by atoms with Crippen LogP contribution in [0.3, 0.4) is 0 Å². The first-order chi connectivity index (χ1) is 5.16. The second-order valence-electron chi connectivity index (χ2n) is 4.17. The summed E-state index contributed by atoms with van der Waals surface area (Å²) < 4.78 is 0. The Balaban J connectivity index is 2.46. The summed E-state index contributed by atoms with van der Waals surface area (Å²) in [4.78, 5) is 0. The largest absolute Gasteiger partial charge is 0.126 e. The quantitative estimate of drug-likeness (QED) is 0.571. The summed E-state index contributed by atoms with van der Waals surface area (Å²) in [5.41, 5.74) is 0.539. The first-order valence-corrected chi connectivity index (χ1v) is 5.25. The molecule has 1 aliphatic carbocycles. The van der Waals surface area contributed by atoms with Crippen LogP contribution in [0.4, 0.5) is 0 Å². The Kier molecular flexibility index (Phi) is 2.85. The minimum absolute atomic E-state index is 0.539. The molecule has 0 bridgehead atoms. The molecular weight excluding hydrogens is 156 g/mol. The summed E-state index contributed by atoms with van der Waals surface area (Å²) in [7, 11) is 0. The standard InChI is InChI=1S/C10H19Cl/c1-4-8(2)9(3)10(7-11)5-6-10/h8-9H,4-7H2,1-3H3. The molecule has 0 radical (unpaired) electrons. The van der Waals surface area contributed by atoms with Crippen molar-refractivity contribution in [1.29, 1.82) is 0 Å². The minimum atomic E-state index is 0.539. The molecule has 0 N–H and O–H groups in total. The van der Waals surface area contributed by atoms with Gasteiger partial charge in [-0.2, -0.15) is 0 Å². The maximum Gasteiger partial charge on any atom is 0.0282 e. The molecular formula is C10H19Cl. The van der Waals surface area contributed by atoms with Crippen molar-refractivity contribution in [2.45, 2.75) is 40.0 Å². The zero-order chi connectivity index (χ0) is 8.48. The van der Waals surface area contributed by atoms with Gasteiger partial charge in [0.05, 0.1) is 0 Å². The van der Waals surface area contributed by atoms with Crippen LogP contribution in [0.15, 0.2) is 0 Å². The first-order valence-electron chi connectivity index (χ1n) is 4.72. The lowest BCUT2D eigenvalue weighted by Crippen LogP contribution is -2.21. The van der Waals surface area contributed by atoms with E-state index in [9.17, 15) is 0 Å². The van der Waals surface area contributed by atoms with Gasteiger partial charge in [-0.25, -0.2) is 0 Å². The highest BCUT2D eigenvalue weighted by atomic mass is 35.5. The van der Waals surface area contributed by atoms with Gasteiger partial charge in [-0.05, 0) is 30.1 Å². The Hall–Kier alpha value is 0.290. The lowest BCUT2D eigenvalue weighted by molar-refractivity contribution is 0.256. The summed E-state index contributed by atoms with van der Waals surface area (Å²) in [5, 5.41) is 0. The van der Waals surface area contributed by atoms with E-state index in [2.05, 4.69) is 20.8 Å². The summed E-state index contributed by atoms with van der Waals surface area (Å²) in [6, 6.07) is 0. The summed E-state index contributed by atoms with van der Waals surface area (Å²) in [6.45, 7) is 6.98. The molecule has 1 fully saturated rings. The molecule has 1 rings (SSSR count). The Bertz CT molecular complexity index is 127. The molecule has 0 nitrogen and oxygen atoms in total.